The van der Waals surface area contributed by atoms with Gasteiger partial charge in [-0.05, 0) is 36.6 Å². The van der Waals surface area contributed by atoms with Crippen LogP contribution < -0.4 is 0 Å². The van der Waals surface area contributed by atoms with Gasteiger partial charge in [-0.1, -0.05) is 12.1 Å². The Labute approximate surface area is 97.0 Å². The zero-order valence-electron chi connectivity index (χ0n) is 9.17. The van der Waals surface area contributed by atoms with Crippen molar-refractivity contribution in [2.24, 2.45) is 0 Å². The first-order valence-corrected chi connectivity index (χ1v) is 5.48. The van der Waals surface area contributed by atoms with Crippen molar-refractivity contribution in [2.75, 3.05) is 19.6 Å². The molecule has 1 nitrogen and oxygen atoms in total. The minimum atomic E-state index is -4.16. The van der Waals surface area contributed by atoms with Crippen LogP contribution in [0.5, 0.6) is 0 Å². The van der Waals surface area contributed by atoms with Crippen molar-refractivity contribution < 1.29 is 17.6 Å². The highest BCUT2D eigenvalue weighted by Gasteiger charge is 2.34. The van der Waals surface area contributed by atoms with E-state index < -0.39 is 12.7 Å². The van der Waals surface area contributed by atoms with E-state index in [0.717, 1.165) is 5.56 Å². The highest BCUT2D eigenvalue weighted by atomic mass is 19.4. The molecule has 1 aliphatic heterocycles. The van der Waals surface area contributed by atoms with Crippen LogP contribution in [0, 0.1) is 5.82 Å². The van der Waals surface area contributed by atoms with Crippen molar-refractivity contribution in [3.05, 3.63) is 35.6 Å². The van der Waals surface area contributed by atoms with Gasteiger partial charge in [0.15, 0.2) is 0 Å². The standard InChI is InChI=1S/C12H13F4N/c13-11-3-1-2-9(6-11)10-4-5-17(7-10)8-12(14,15)16/h1-3,6,10H,4-5,7-8H2/t10-/m0/s1. The minimum Gasteiger partial charge on any atom is -0.294 e. The number of benzene rings is 1. The summed E-state index contributed by atoms with van der Waals surface area (Å²) in [5, 5.41) is 0. The van der Waals surface area contributed by atoms with Crippen LogP contribution in [0.3, 0.4) is 0 Å². The highest BCUT2D eigenvalue weighted by molar-refractivity contribution is 5.22. The summed E-state index contributed by atoms with van der Waals surface area (Å²) in [7, 11) is 0. The summed E-state index contributed by atoms with van der Waals surface area (Å²) >= 11 is 0. The normalized spacial score (nSPS) is 22.0. The quantitative estimate of drug-likeness (QED) is 0.725. The third-order valence-corrected chi connectivity index (χ3v) is 3.00. The van der Waals surface area contributed by atoms with Crippen LogP contribution in [-0.4, -0.2) is 30.7 Å². The predicted octanol–water partition coefficient (Wildman–Crippen LogP) is 3.18. The number of hydrogen-bond acceptors (Lipinski definition) is 1. The molecule has 1 atom stereocenters. The molecule has 0 aliphatic carbocycles. The van der Waals surface area contributed by atoms with Crippen LogP contribution >= 0.6 is 0 Å². The smallest absolute Gasteiger partial charge is 0.294 e. The molecule has 1 heterocycles. The van der Waals surface area contributed by atoms with Crippen molar-refractivity contribution in [1.29, 1.82) is 0 Å². The Kier molecular flexibility index (Phi) is 3.38. The highest BCUT2D eigenvalue weighted by Crippen LogP contribution is 2.29. The van der Waals surface area contributed by atoms with E-state index >= 15 is 0 Å². The lowest BCUT2D eigenvalue weighted by molar-refractivity contribution is -0.143. The van der Waals surface area contributed by atoms with E-state index in [0.29, 0.717) is 19.5 Å². The van der Waals surface area contributed by atoms with Gasteiger partial charge >= 0.3 is 6.18 Å². The van der Waals surface area contributed by atoms with Crippen LogP contribution in [0.1, 0.15) is 17.9 Å². The molecule has 0 amide bonds. The molecule has 5 heteroatoms. The molecule has 1 saturated heterocycles. The summed E-state index contributed by atoms with van der Waals surface area (Å²) < 4.78 is 49.6. The molecule has 1 aromatic carbocycles. The summed E-state index contributed by atoms with van der Waals surface area (Å²) in [6.07, 6.45) is -3.50. The maximum atomic E-state index is 13.0. The Morgan fingerprint density at radius 3 is 2.71 bits per heavy atom. The molecule has 0 spiro atoms. The lowest BCUT2D eigenvalue weighted by Crippen LogP contribution is -2.32. The minimum absolute atomic E-state index is 0.00745. The molecule has 1 fully saturated rings. The van der Waals surface area contributed by atoms with E-state index in [1.165, 1.54) is 17.0 Å². The number of alkyl halides is 3. The topological polar surface area (TPSA) is 3.24 Å². The molecule has 0 unspecified atom stereocenters. The van der Waals surface area contributed by atoms with Crippen LogP contribution in [0.15, 0.2) is 24.3 Å². The van der Waals surface area contributed by atoms with Gasteiger partial charge in [0.25, 0.3) is 0 Å². The lowest BCUT2D eigenvalue weighted by Gasteiger charge is -2.17. The van der Waals surface area contributed by atoms with Gasteiger partial charge in [0.2, 0.25) is 0 Å². The molecule has 94 valence electrons. The fourth-order valence-corrected chi connectivity index (χ4v) is 2.26. The third-order valence-electron chi connectivity index (χ3n) is 3.00. The average Bonchev–Trinajstić information content (AvgIpc) is 2.63. The van der Waals surface area contributed by atoms with Gasteiger partial charge in [-0.15, -0.1) is 0 Å². The van der Waals surface area contributed by atoms with Gasteiger partial charge < -0.3 is 0 Å². The molecule has 2 rings (SSSR count). The first-order chi connectivity index (χ1) is 7.94. The van der Waals surface area contributed by atoms with E-state index in [2.05, 4.69) is 0 Å². The second-order valence-corrected chi connectivity index (χ2v) is 4.39. The zero-order valence-corrected chi connectivity index (χ0v) is 9.17. The van der Waals surface area contributed by atoms with E-state index in [1.54, 1.807) is 12.1 Å². The molecule has 0 saturated carbocycles. The number of halogens is 4. The molecule has 17 heavy (non-hydrogen) atoms. The van der Waals surface area contributed by atoms with Crippen LogP contribution in [0.4, 0.5) is 17.6 Å². The second-order valence-electron chi connectivity index (χ2n) is 4.39. The lowest BCUT2D eigenvalue weighted by atomic mass is 9.98. The second kappa shape index (κ2) is 4.64. The molecule has 0 aromatic heterocycles. The molecule has 1 aromatic rings. The summed E-state index contributed by atoms with van der Waals surface area (Å²) in [5.41, 5.74) is 0.787. The summed E-state index contributed by atoms with van der Waals surface area (Å²) in [4.78, 5) is 1.37. The van der Waals surface area contributed by atoms with Gasteiger partial charge in [0.05, 0.1) is 6.54 Å². The number of rotatable bonds is 2. The van der Waals surface area contributed by atoms with Gasteiger partial charge in [0.1, 0.15) is 5.82 Å². The SMILES string of the molecule is Fc1cccc([C@H]2CCN(CC(F)(F)F)C2)c1. The van der Waals surface area contributed by atoms with Crippen molar-refractivity contribution in [2.45, 2.75) is 18.5 Å². The maximum absolute atomic E-state index is 13.0. The van der Waals surface area contributed by atoms with E-state index in [-0.39, 0.29) is 11.7 Å². The zero-order chi connectivity index (χ0) is 12.5. The molecular formula is C12H13F4N. The molecule has 0 N–H and O–H groups in total. The van der Waals surface area contributed by atoms with Crippen molar-refractivity contribution in [1.82, 2.24) is 4.90 Å². The first kappa shape index (κ1) is 12.4. The van der Waals surface area contributed by atoms with Gasteiger partial charge in [-0.25, -0.2) is 4.39 Å². The summed E-state index contributed by atoms with van der Waals surface area (Å²) in [6.45, 7) is -0.109. The van der Waals surface area contributed by atoms with Gasteiger partial charge in [-0.3, -0.25) is 4.90 Å². The summed E-state index contributed by atoms with van der Waals surface area (Å²) in [5.74, 6) is -0.329. The van der Waals surface area contributed by atoms with Crippen LogP contribution in [-0.2, 0) is 0 Å². The average molecular weight is 247 g/mol. The molecule has 1 aliphatic rings. The largest absolute Gasteiger partial charge is 0.401 e. The van der Waals surface area contributed by atoms with Crippen LogP contribution in [0.2, 0.25) is 0 Å². The van der Waals surface area contributed by atoms with Crippen molar-refractivity contribution in [3.8, 4) is 0 Å². The van der Waals surface area contributed by atoms with E-state index in [9.17, 15) is 17.6 Å². The Bertz CT molecular complexity index is 388. The first-order valence-electron chi connectivity index (χ1n) is 5.48. The number of hydrogen-bond donors (Lipinski definition) is 0. The molecular weight excluding hydrogens is 234 g/mol. The number of nitrogens with zero attached hydrogens (tertiary/aromatic N) is 1. The molecule has 0 radical (unpaired) electrons. The van der Waals surface area contributed by atoms with Gasteiger partial charge in [0, 0.05) is 6.54 Å². The summed E-state index contributed by atoms with van der Waals surface area (Å²) in [6, 6.07) is 6.11. The number of likely N-dealkylation sites (tertiary alicyclic amines) is 1. The Hall–Kier alpha value is -1.10. The predicted molar refractivity (Wildman–Crippen MR) is 56.3 cm³/mol. The van der Waals surface area contributed by atoms with E-state index in [1.807, 2.05) is 0 Å². The van der Waals surface area contributed by atoms with Crippen molar-refractivity contribution >= 4 is 0 Å². The monoisotopic (exact) mass is 247 g/mol. The third kappa shape index (κ3) is 3.43. The van der Waals surface area contributed by atoms with Gasteiger partial charge in [-0.2, -0.15) is 13.2 Å². The Morgan fingerprint density at radius 2 is 2.06 bits per heavy atom. The Morgan fingerprint density at radius 1 is 1.29 bits per heavy atom. The maximum Gasteiger partial charge on any atom is 0.401 e. The van der Waals surface area contributed by atoms with Crippen LogP contribution in [0.25, 0.3) is 0 Å². The van der Waals surface area contributed by atoms with E-state index in [4.69, 9.17) is 0 Å². The fraction of sp³-hybridized carbons (Fsp3) is 0.500. The molecule has 0 bridgehead atoms. The fourth-order valence-electron chi connectivity index (χ4n) is 2.26. The Balaban J connectivity index is 1.98. The van der Waals surface area contributed by atoms with Crippen molar-refractivity contribution in [3.63, 3.8) is 0 Å².